The molecule has 0 N–H and O–H groups in total. The van der Waals surface area contributed by atoms with Crippen molar-refractivity contribution >= 4 is 60.7 Å². The summed E-state index contributed by atoms with van der Waals surface area (Å²) in [5, 5.41) is 0. The van der Waals surface area contributed by atoms with Crippen LogP contribution in [0.1, 0.15) is 35.0 Å². The van der Waals surface area contributed by atoms with Crippen molar-refractivity contribution in [3.8, 4) is 0 Å². The summed E-state index contributed by atoms with van der Waals surface area (Å²) in [7, 11) is -12.0. The molecule has 0 aliphatic heterocycles. The Kier molecular flexibility index (Phi) is 13.8. The number of hydrogen-bond acceptors (Lipinski definition) is 4. The van der Waals surface area contributed by atoms with Gasteiger partial charge in [0.05, 0.1) is 9.75 Å². The molecule has 0 saturated carbocycles. The number of rotatable bonds is 7. The Balaban J connectivity index is 0.000000805. The standard InChI is InChI=1S/C16H26N2S4.2BF4/c1-7-19-15-17(11(3)13(5)21-15)9-10-18-12(4)14(6)22-16(18)20-8-2;2*2-1(3,4)5/h7-10H2,1-6H3;;/q+2;2*-1. The second-order valence-electron chi connectivity index (χ2n) is 6.18. The third-order valence-electron chi connectivity index (χ3n) is 3.83. The van der Waals surface area contributed by atoms with E-state index in [9.17, 15) is 34.5 Å². The molecule has 2 heterocycles. The van der Waals surface area contributed by atoms with Gasteiger partial charge in [0.25, 0.3) is 8.68 Å². The molecule has 0 amide bonds. The average Bonchev–Trinajstić information content (AvgIpc) is 3.01. The van der Waals surface area contributed by atoms with Gasteiger partial charge in [-0.15, -0.1) is 0 Å². The summed E-state index contributed by atoms with van der Waals surface area (Å²) in [4.78, 5) is 2.89. The molecule has 2 aromatic rings. The van der Waals surface area contributed by atoms with Crippen molar-refractivity contribution in [3.63, 3.8) is 0 Å². The third-order valence-corrected chi connectivity index (χ3v) is 8.55. The van der Waals surface area contributed by atoms with E-state index in [1.807, 2.05) is 46.2 Å². The largest absolute Gasteiger partial charge is 0.673 e. The summed E-state index contributed by atoms with van der Waals surface area (Å²) in [5.74, 6) is 2.28. The lowest BCUT2D eigenvalue weighted by molar-refractivity contribution is -0.810. The number of thioether (sulfide) groups is 2. The second-order valence-corrected chi connectivity index (χ2v) is 11.6. The van der Waals surface area contributed by atoms with Gasteiger partial charge in [0.2, 0.25) is 13.1 Å². The minimum absolute atomic E-state index is 1.07. The van der Waals surface area contributed by atoms with E-state index in [4.69, 9.17) is 0 Å². The molecule has 0 radical (unpaired) electrons. The highest BCUT2D eigenvalue weighted by atomic mass is 32.2. The molecule has 2 aromatic heterocycles. The predicted octanol–water partition coefficient (Wildman–Crippen LogP) is 7.14. The predicted molar refractivity (Wildman–Crippen MR) is 121 cm³/mol. The van der Waals surface area contributed by atoms with Crippen LogP contribution in [0.4, 0.5) is 34.5 Å². The highest BCUT2D eigenvalue weighted by Gasteiger charge is 2.26. The Morgan fingerprint density at radius 1 is 0.625 bits per heavy atom. The molecule has 0 aliphatic rings. The van der Waals surface area contributed by atoms with Crippen molar-refractivity contribution in [1.82, 2.24) is 0 Å². The first kappa shape index (κ1) is 31.5. The monoisotopic (exact) mass is 548 g/mol. The summed E-state index contributed by atoms with van der Waals surface area (Å²) in [5.41, 5.74) is 2.85. The minimum atomic E-state index is -6.00. The summed E-state index contributed by atoms with van der Waals surface area (Å²) in [6.07, 6.45) is 0. The summed E-state index contributed by atoms with van der Waals surface area (Å²) >= 11 is 7.81. The van der Waals surface area contributed by atoms with Gasteiger partial charge in [-0.2, -0.15) is 9.13 Å². The number of aryl methyl sites for hydroxylation is 2. The van der Waals surface area contributed by atoms with Crippen LogP contribution in [0, 0.1) is 27.7 Å². The van der Waals surface area contributed by atoms with Gasteiger partial charge in [-0.05, 0) is 37.4 Å². The van der Waals surface area contributed by atoms with Gasteiger partial charge in [0.15, 0.2) is 11.4 Å². The van der Waals surface area contributed by atoms with Crippen LogP contribution >= 0.6 is 46.2 Å². The Labute approximate surface area is 200 Å². The molecule has 0 unspecified atom stereocenters. The van der Waals surface area contributed by atoms with Crippen LogP contribution < -0.4 is 9.13 Å². The Hall–Kier alpha value is -0.470. The normalized spacial score (nSPS) is 11.6. The maximum absolute atomic E-state index is 9.75. The van der Waals surface area contributed by atoms with Crippen molar-refractivity contribution < 1.29 is 43.7 Å². The molecule has 0 aromatic carbocycles. The van der Waals surface area contributed by atoms with E-state index < -0.39 is 14.5 Å². The molecule has 2 nitrogen and oxygen atoms in total. The second kappa shape index (κ2) is 14.0. The van der Waals surface area contributed by atoms with Crippen molar-refractivity contribution in [2.24, 2.45) is 0 Å². The molecule has 2 rings (SSSR count). The van der Waals surface area contributed by atoms with Crippen LogP contribution in [0.15, 0.2) is 8.68 Å². The smallest absolute Gasteiger partial charge is 0.418 e. The highest BCUT2D eigenvalue weighted by molar-refractivity contribution is 8.01. The topological polar surface area (TPSA) is 7.76 Å². The summed E-state index contributed by atoms with van der Waals surface area (Å²) < 4.78 is 85.9. The summed E-state index contributed by atoms with van der Waals surface area (Å²) in [6, 6.07) is 0. The Bertz CT molecular complexity index is 757. The van der Waals surface area contributed by atoms with Gasteiger partial charge in [-0.25, -0.2) is 0 Å². The average molecular weight is 548 g/mol. The zero-order valence-corrected chi connectivity index (χ0v) is 21.8. The molecule has 0 fully saturated rings. The minimum Gasteiger partial charge on any atom is -0.418 e. The maximum atomic E-state index is 9.75. The zero-order chi connectivity index (χ0) is 25.3. The molecule has 0 atom stereocenters. The van der Waals surface area contributed by atoms with Crippen LogP contribution in [0.3, 0.4) is 0 Å². The first-order chi connectivity index (χ1) is 14.5. The van der Waals surface area contributed by atoms with E-state index in [1.165, 1.54) is 29.8 Å². The number of thiazole rings is 2. The molecule has 0 saturated heterocycles. The van der Waals surface area contributed by atoms with E-state index >= 15 is 0 Å². The fourth-order valence-electron chi connectivity index (χ4n) is 2.35. The van der Waals surface area contributed by atoms with Crippen LogP contribution in [0.5, 0.6) is 0 Å². The molecule has 186 valence electrons. The first-order valence-electron chi connectivity index (χ1n) is 9.49. The molecule has 16 heteroatoms. The van der Waals surface area contributed by atoms with Gasteiger partial charge in [0, 0.05) is 25.4 Å². The number of aromatic nitrogens is 2. The lowest BCUT2D eigenvalue weighted by atomic mass is 10.3. The first-order valence-corrected chi connectivity index (χ1v) is 13.1. The fraction of sp³-hybridized carbons (Fsp3) is 0.625. The van der Waals surface area contributed by atoms with E-state index in [-0.39, 0.29) is 0 Å². The fourth-order valence-corrected chi connectivity index (χ4v) is 7.26. The van der Waals surface area contributed by atoms with Crippen LogP contribution in [-0.4, -0.2) is 26.0 Å². The van der Waals surface area contributed by atoms with Gasteiger partial charge in [-0.1, -0.05) is 36.5 Å². The van der Waals surface area contributed by atoms with E-state index in [0.717, 1.165) is 24.6 Å². The highest BCUT2D eigenvalue weighted by Crippen LogP contribution is 2.26. The van der Waals surface area contributed by atoms with Crippen LogP contribution in [0.25, 0.3) is 0 Å². The lowest BCUT2D eigenvalue weighted by Crippen LogP contribution is -2.47. The van der Waals surface area contributed by atoms with Gasteiger partial charge >= 0.3 is 14.5 Å². The quantitative estimate of drug-likeness (QED) is 0.157. The van der Waals surface area contributed by atoms with E-state index in [2.05, 4.69) is 50.7 Å². The van der Waals surface area contributed by atoms with Gasteiger partial charge in [0.1, 0.15) is 0 Å². The van der Waals surface area contributed by atoms with Crippen molar-refractivity contribution in [1.29, 1.82) is 0 Å². The number of halogens is 8. The molecule has 0 aliphatic carbocycles. The third kappa shape index (κ3) is 13.3. The van der Waals surface area contributed by atoms with Crippen LogP contribution in [0.2, 0.25) is 0 Å². The summed E-state index contributed by atoms with van der Waals surface area (Å²) in [6.45, 7) is 15.6. The lowest BCUT2D eigenvalue weighted by Gasteiger charge is -2.00. The molecule has 0 spiro atoms. The maximum Gasteiger partial charge on any atom is 0.673 e. The SMILES string of the molecule is CCSc1sc(C)c(C)[n+]1CC[n+]1c(SCC)sc(C)c1C.F[B-](F)(F)F.F[B-](F)(F)F. The molecule has 0 bridgehead atoms. The molecular weight excluding hydrogens is 522 g/mol. The zero-order valence-electron chi connectivity index (χ0n) is 18.5. The number of nitrogens with zero attached hydrogens (tertiary/aromatic N) is 2. The van der Waals surface area contributed by atoms with Crippen molar-refractivity contribution in [2.45, 2.75) is 63.3 Å². The van der Waals surface area contributed by atoms with Crippen molar-refractivity contribution in [3.05, 3.63) is 21.1 Å². The molecule has 32 heavy (non-hydrogen) atoms. The Morgan fingerprint density at radius 3 is 1.09 bits per heavy atom. The van der Waals surface area contributed by atoms with Gasteiger partial charge < -0.3 is 34.5 Å². The van der Waals surface area contributed by atoms with E-state index in [0.29, 0.717) is 0 Å². The Morgan fingerprint density at radius 2 is 0.875 bits per heavy atom. The van der Waals surface area contributed by atoms with E-state index in [1.54, 1.807) is 0 Å². The van der Waals surface area contributed by atoms with Crippen LogP contribution in [-0.2, 0) is 13.1 Å². The number of hydrogen-bond donors (Lipinski definition) is 0. The molecular formula is C16H26B2F8N2S4. The van der Waals surface area contributed by atoms with Crippen molar-refractivity contribution in [2.75, 3.05) is 11.5 Å². The van der Waals surface area contributed by atoms with Gasteiger partial charge in [-0.3, -0.25) is 0 Å².